The fourth-order valence-corrected chi connectivity index (χ4v) is 3.12. The number of hydrogen-bond donors (Lipinski definition) is 1. The Morgan fingerprint density at radius 1 is 1.58 bits per heavy atom. The van der Waals surface area contributed by atoms with Crippen LogP contribution in [0.3, 0.4) is 0 Å². The van der Waals surface area contributed by atoms with Crippen molar-refractivity contribution in [2.24, 2.45) is 0 Å². The number of carbonyl (C=O) groups is 1. The van der Waals surface area contributed by atoms with Gasteiger partial charge in [0, 0.05) is 31.6 Å². The summed E-state index contributed by atoms with van der Waals surface area (Å²) in [5, 5.41) is 2.19. The number of anilines is 1. The van der Waals surface area contributed by atoms with E-state index in [1.807, 2.05) is 11.9 Å². The van der Waals surface area contributed by atoms with Crippen LogP contribution >= 0.6 is 11.3 Å². The average Bonchev–Trinajstić information content (AvgIpc) is 2.85. The molecule has 2 rings (SSSR count). The zero-order chi connectivity index (χ0) is 13.8. The molecule has 19 heavy (non-hydrogen) atoms. The summed E-state index contributed by atoms with van der Waals surface area (Å²) in [7, 11) is 1.87. The summed E-state index contributed by atoms with van der Waals surface area (Å²) in [6, 6.07) is 0.323. The minimum absolute atomic E-state index is 0.0121. The number of amides is 1. The molecular weight excluding hydrogens is 260 g/mol. The molecule has 0 saturated carbocycles. The van der Waals surface area contributed by atoms with Gasteiger partial charge in [-0.25, -0.2) is 4.98 Å². The lowest BCUT2D eigenvalue weighted by Gasteiger charge is -2.36. The zero-order valence-electron chi connectivity index (χ0n) is 11.6. The standard InChI is InChI=1S/C13H22N4OS/c1-3-6-17-7-4-10(5-8-17)16(2)12(18)11-9-19-13(14)15-11/h9-10H,3-8H2,1-2H3,(H2,14,15). The predicted octanol–water partition coefficient (Wildman–Crippen LogP) is 1.67. The third-order valence-corrected chi connectivity index (χ3v) is 4.38. The number of nitrogen functional groups attached to an aromatic ring is 1. The van der Waals surface area contributed by atoms with Crippen LogP contribution in [0.4, 0.5) is 5.13 Å². The molecule has 0 atom stereocenters. The van der Waals surface area contributed by atoms with Crippen LogP contribution in [0.15, 0.2) is 5.38 Å². The first-order valence-corrected chi connectivity index (χ1v) is 7.70. The number of rotatable bonds is 4. The van der Waals surface area contributed by atoms with Crippen molar-refractivity contribution in [1.29, 1.82) is 0 Å². The highest BCUT2D eigenvalue weighted by Gasteiger charge is 2.26. The number of piperidine rings is 1. The first-order chi connectivity index (χ1) is 9.11. The zero-order valence-corrected chi connectivity index (χ0v) is 12.4. The van der Waals surface area contributed by atoms with Gasteiger partial charge in [-0.3, -0.25) is 4.79 Å². The number of nitrogens with two attached hydrogens (primary N) is 1. The SMILES string of the molecule is CCCN1CCC(N(C)C(=O)c2csc(N)n2)CC1. The Balaban J connectivity index is 1.90. The number of hydrogen-bond acceptors (Lipinski definition) is 5. The molecule has 1 aromatic heterocycles. The molecular formula is C13H22N4OS. The Kier molecular flexibility index (Phi) is 4.76. The maximum atomic E-state index is 12.3. The van der Waals surface area contributed by atoms with E-state index in [-0.39, 0.29) is 5.91 Å². The number of carbonyl (C=O) groups excluding carboxylic acids is 1. The van der Waals surface area contributed by atoms with Crippen LogP contribution < -0.4 is 5.73 Å². The van der Waals surface area contributed by atoms with Gasteiger partial charge in [0.2, 0.25) is 0 Å². The largest absolute Gasteiger partial charge is 0.375 e. The summed E-state index contributed by atoms with van der Waals surface area (Å²) in [6.07, 6.45) is 3.28. The highest BCUT2D eigenvalue weighted by Crippen LogP contribution is 2.19. The van der Waals surface area contributed by atoms with E-state index in [1.165, 1.54) is 17.8 Å². The van der Waals surface area contributed by atoms with Crippen molar-refractivity contribution in [3.8, 4) is 0 Å². The van der Waals surface area contributed by atoms with Crippen molar-refractivity contribution in [2.75, 3.05) is 32.4 Å². The van der Waals surface area contributed by atoms with E-state index >= 15 is 0 Å². The van der Waals surface area contributed by atoms with Crippen molar-refractivity contribution >= 4 is 22.4 Å². The summed E-state index contributed by atoms with van der Waals surface area (Å²) < 4.78 is 0. The van der Waals surface area contributed by atoms with E-state index in [9.17, 15) is 4.79 Å². The van der Waals surface area contributed by atoms with E-state index < -0.39 is 0 Å². The normalized spacial score (nSPS) is 17.6. The van der Waals surface area contributed by atoms with E-state index in [1.54, 1.807) is 5.38 Å². The predicted molar refractivity (Wildman–Crippen MR) is 78.4 cm³/mol. The van der Waals surface area contributed by atoms with Gasteiger partial charge in [-0.15, -0.1) is 11.3 Å². The van der Waals surface area contributed by atoms with Crippen molar-refractivity contribution < 1.29 is 4.79 Å². The van der Waals surface area contributed by atoms with Gasteiger partial charge in [-0.2, -0.15) is 0 Å². The minimum atomic E-state index is -0.0121. The van der Waals surface area contributed by atoms with Crippen LogP contribution in [-0.4, -0.2) is 53.4 Å². The summed E-state index contributed by atoms with van der Waals surface area (Å²) in [4.78, 5) is 20.6. The molecule has 0 spiro atoms. The molecule has 1 amide bonds. The summed E-state index contributed by atoms with van der Waals surface area (Å²) in [6.45, 7) is 5.52. The molecule has 0 bridgehead atoms. The Bertz CT molecular complexity index is 426. The van der Waals surface area contributed by atoms with E-state index in [4.69, 9.17) is 5.73 Å². The number of likely N-dealkylation sites (tertiary alicyclic amines) is 1. The van der Waals surface area contributed by atoms with Crippen LogP contribution in [0.2, 0.25) is 0 Å². The van der Waals surface area contributed by atoms with Gasteiger partial charge in [-0.1, -0.05) is 6.92 Å². The lowest BCUT2D eigenvalue weighted by molar-refractivity contribution is 0.0638. The molecule has 0 unspecified atom stereocenters. The van der Waals surface area contributed by atoms with E-state index in [0.29, 0.717) is 16.9 Å². The van der Waals surface area contributed by atoms with Gasteiger partial charge in [0.1, 0.15) is 5.69 Å². The molecule has 1 aliphatic rings. The van der Waals surface area contributed by atoms with Crippen molar-refractivity contribution in [3.63, 3.8) is 0 Å². The summed E-state index contributed by atoms with van der Waals surface area (Å²) >= 11 is 1.31. The summed E-state index contributed by atoms with van der Waals surface area (Å²) in [5.41, 5.74) is 6.05. The van der Waals surface area contributed by atoms with Crippen molar-refractivity contribution in [1.82, 2.24) is 14.8 Å². The lowest BCUT2D eigenvalue weighted by atomic mass is 10.0. The van der Waals surface area contributed by atoms with Gasteiger partial charge in [-0.05, 0) is 25.8 Å². The first kappa shape index (κ1) is 14.3. The van der Waals surface area contributed by atoms with Crippen LogP contribution in [0, 0.1) is 0 Å². The molecule has 1 aliphatic heterocycles. The quantitative estimate of drug-likeness (QED) is 0.912. The second-order valence-corrected chi connectivity index (χ2v) is 5.95. The minimum Gasteiger partial charge on any atom is -0.375 e. The average molecular weight is 282 g/mol. The molecule has 6 heteroatoms. The number of thiazole rings is 1. The molecule has 0 aromatic carbocycles. The van der Waals surface area contributed by atoms with Gasteiger partial charge in [0.15, 0.2) is 5.13 Å². The third-order valence-electron chi connectivity index (χ3n) is 3.71. The molecule has 1 saturated heterocycles. The number of nitrogens with zero attached hydrogens (tertiary/aromatic N) is 3. The van der Waals surface area contributed by atoms with Gasteiger partial charge in [0.05, 0.1) is 0 Å². The van der Waals surface area contributed by atoms with Crippen LogP contribution in [0.1, 0.15) is 36.7 Å². The van der Waals surface area contributed by atoms with Crippen LogP contribution in [0.5, 0.6) is 0 Å². The monoisotopic (exact) mass is 282 g/mol. The molecule has 5 nitrogen and oxygen atoms in total. The lowest BCUT2D eigenvalue weighted by Crippen LogP contribution is -2.45. The molecule has 106 valence electrons. The Hall–Kier alpha value is -1.14. The Labute approximate surface area is 118 Å². The fourth-order valence-electron chi connectivity index (χ4n) is 2.58. The second-order valence-electron chi connectivity index (χ2n) is 5.06. The van der Waals surface area contributed by atoms with Crippen LogP contribution in [0.25, 0.3) is 0 Å². The Morgan fingerprint density at radius 2 is 2.26 bits per heavy atom. The van der Waals surface area contributed by atoms with E-state index in [0.717, 1.165) is 32.5 Å². The van der Waals surface area contributed by atoms with Gasteiger partial charge >= 0.3 is 0 Å². The first-order valence-electron chi connectivity index (χ1n) is 6.82. The Morgan fingerprint density at radius 3 is 2.79 bits per heavy atom. The van der Waals surface area contributed by atoms with E-state index in [2.05, 4.69) is 16.8 Å². The van der Waals surface area contributed by atoms with Crippen molar-refractivity contribution in [3.05, 3.63) is 11.1 Å². The summed E-state index contributed by atoms with van der Waals surface area (Å²) in [5.74, 6) is -0.0121. The van der Waals surface area contributed by atoms with Crippen molar-refractivity contribution in [2.45, 2.75) is 32.2 Å². The molecule has 2 N–H and O–H groups in total. The maximum absolute atomic E-state index is 12.3. The molecule has 1 fully saturated rings. The molecule has 2 heterocycles. The molecule has 1 aromatic rings. The van der Waals surface area contributed by atoms with Crippen LogP contribution in [-0.2, 0) is 0 Å². The topological polar surface area (TPSA) is 62.5 Å². The third kappa shape index (κ3) is 3.45. The fraction of sp³-hybridized carbons (Fsp3) is 0.692. The second kappa shape index (κ2) is 6.34. The molecule has 0 radical (unpaired) electrons. The highest BCUT2D eigenvalue weighted by atomic mass is 32.1. The van der Waals surface area contributed by atoms with Gasteiger partial charge in [0.25, 0.3) is 5.91 Å². The smallest absolute Gasteiger partial charge is 0.273 e. The van der Waals surface area contributed by atoms with Gasteiger partial charge < -0.3 is 15.5 Å². The molecule has 0 aliphatic carbocycles. The highest BCUT2D eigenvalue weighted by molar-refractivity contribution is 7.13. The maximum Gasteiger partial charge on any atom is 0.273 e. The number of aromatic nitrogens is 1.